The first-order chi connectivity index (χ1) is 5.42. The first-order valence-corrected chi connectivity index (χ1v) is 4.56. The summed E-state index contributed by atoms with van der Waals surface area (Å²) in [6, 6.07) is 0. The van der Waals surface area contributed by atoms with Crippen molar-refractivity contribution in [2.75, 3.05) is 0 Å². The topological polar surface area (TPSA) is 0 Å². The smallest absolute Gasteiger partial charge is 0.0230 e. The Kier molecular flexibility index (Phi) is 4.74. The highest BCUT2D eigenvalue weighted by atomic mass is 14.1. The van der Waals surface area contributed by atoms with Gasteiger partial charge in [-0.15, -0.1) is 12.5 Å². The van der Waals surface area contributed by atoms with Gasteiger partial charge < -0.3 is 0 Å². The summed E-state index contributed by atoms with van der Waals surface area (Å²) in [5, 5.41) is 0. The molecule has 0 fully saturated rings. The Morgan fingerprint density at radius 2 is 1.92 bits per heavy atom. The summed E-state index contributed by atoms with van der Waals surface area (Å²) in [6.07, 6.45) is 3.27. The fraction of sp³-hybridized carbons (Fsp3) is 0.667. The maximum Gasteiger partial charge on any atom is 0.0230 e. The van der Waals surface area contributed by atoms with E-state index in [4.69, 9.17) is 0 Å². The highest BCUT2D eigenvalue weighted by molar-refractivity contribution is 5.07. The normalized spacial score (nSPS) is 10.3. The molecule has 0 heteroatoms. The lowest BCUT2D eigenvalue weighted by atomic mass is 9.97. The van der Waals surface area contributed by atoms with E-state index >= 15 is 0 Å². The van der Waals surface area contributed by atoms with Crippen LogP contribution in [0.3, 0.4) is 0 Å². The fourth-order valence-corrected chi connectivity index (χ4v) is 0.806. The molecule has 0 nitrogen and oxygen atoms in total. The minimum atomic E-state index is 0.156. The SMILES string of the molecule is C=C(C)CCCC#CC(C)(C)C. The van der Waals surface area contributed by atoms with E-state index in [1.54, 1.807) is 0 Å². The van der Waals surface area contributed by atoms with Crippen molar-refractivity contribution in [3.05, 3.63) is 12.2 Å². The molecule has 0 rings (SSSR count). The molecule has 68 valence electrons. The van der Waals surface area contributed by atoms with Gasteiger partial charge in [-0.3, -0.25) is 0 Å². The van der Waals surface area contributed by atoms with Crippen molar-refractivity contribution in [3.8, 4) is 11.8 Å². The van der Waals surface area contributed by atoms with E-state index in [-0.39, 0.29) is 5.41 Å². The van der Waals surface area contributed by atoms with E-state index in [1.807, 2.05) is 0 Å². The van der Waals surface area contributed by atoms with Crippen LogP contribution in [0.4, 0.5) is 0 Å². The van der Waals surface area contributed by atoms with Gasteiger partial charge in [-0.25, -0.2) is 0 Å². The summed E-state index contributed by atoms with van der Waals surface area (Å²) >= 11 is 0. The summed E-state index contributed by atoms with van der Waals surface area (Å²) in [6.45, 7) is 12.3. The van der Waals surface area contributed by atoms with Crippen molar-refractivity contribution in [2.24, 2.45) is 5.41 Å². The summed E-state index contributed by atoms with van der Waals surface area (Å²) < 4.78 is 0. The summed E-state index contributed by atoms with van der Waals surface area (Å²) in [4.78, 5) is 0. The van der Waals surface area contributed by atoms with Gasteiger partial charge in [0.1, 0.15) is 0 Å². The standard InChI is InChI=1S/C12H20/c1-11(2)9-7-6-8-10-12(3,4)5/h1,6-7,9H2,2-5H3. The summed E-state index contributed by atoms with van der Waals surface area (Å²) in [5.74, 6) is 6.41. The maximum absolute atomic E-state index is 3.85. The molecular weight excluding hydrogens is 144 g/mol. The van der Waals surface area contributed by atoms with Crippen LogP contribution in [0.1, 0.15) is 47.0 Å². The molecule has 0 heterocycles. The molecule has 0 aromatic carbocycles. The van der Waals surface area contributed by atoms with E-state index < -0.39 is 0 Å². The average Bonchev–Trinajstić information content (AvgIpc) is 1.83. The van der Waals surface area contributed by atoms with Crippen LogP contribution in [0.15, 0.2) is 12.2 Å². The first kappa shape index (κ1) is 11.3. The third-order valence-electron chi connectivity index (χ3n) is 1.37. The lowest BCUT2D eigenvalue weighted by Gasteiger charge is -2.06. The molecule has 0 radical (unpaired) electrons. The molecule has 0 atom stereocenters. The molecule has 0 aromatic rings. The van der Waals surface area contributed by atoms with Crippen molar-refractivity contribution in [1.82, 2.24) is 0 Å². The molecule has 0 saturated carbocycles. The zero-order valence-electron chi connectivity index (χ0n) is 8.83. The monoisotopic (exact) mass is 164 g/mol. The van der Waals surface area contributed by atoms with Gasteiger partial charge in [0.2, 0.25) is 0 Å². The van der Waals surface area contributed by atoms with Crippen LogP contribution in [0.25, 0.3) is 0 Å². The Morgan fingerprint density at radius 1 is 1.33 bits per heavy atom. The first-order valence-electron chi connectivity index (χ1n) is 4.56. The molecule has 0 aliphatic rings. The molecule has 0 bridgehead atoms. The minimum absolute atomic E-state index is 0.156. The Morgan fingerprint density at radius 3 is 2.33 bits per heavy atom. The molecular formula is C12H20. The van der Waals surface area contributed by atoms with Crippen LogP contribution in [0.2, 0.25) is 0 Å². The van der Waals surface area contributed by atoms with Gasteiger partial charge in [-0.1, -0.05) is 11.5 Å². The quantitative estimate of drug-likeness (QED) is 0.338. The van der Waals surface area contributed by atoms with Crippen molar-refractivity contribution in [3.63, 3.8) is 0 Å². The van der Waals surface area contributed by atoms with Crippen LogP contribution in [-0.2, 0) is 0 Å². The van der Waals surface area contributed by atoms with Gasteiger partial charge in [0.15, 0.2) is 0 Å². The molecule has 0 saturated heterocycles. The molecule has 0 amide bonds. The van der Waals surface area contributed by atoms with E-state index in [0.29, 0.717) is 0 Å². The second kappa shape index (κ2) is 5.04. The van der Waals surface area contributed by atoms with E-state index in [2.05, 4.69) is 46.1 Å². The van der Waals surface area contributed by atoms with Crippen LogP contribution in [0, 0.1) is 17.3 Å². The highest BCUT2D eigenvalue weighted by Crippen LogP contribution is 2.10. The molecule has 12 heavy (non-hydrogen) atoms. The van der Waals surface area contributed by atoms with E-state index in [1.165, 1.54) is 5.57 Å². The van der Waals surface area contributed by atoms with Crippen LogP contribution in [-0.4, -0.2) is 0 Å². The van der Waals surface area contributed by atoms with Crippen molar-refractivity contribution in [1.29, 1.82) is 0 Å². The average molecular weight is 164 g/mol. The molecule has 0 aromatic heterocycles. The molecule has 0 unspecified atom stereocenters. The molecule has 0 N–H and O–H groups in total. The van der Waals surface area contributed by atoms with Gasteiger partial charge in [-0.2, -0.15) is 0 Å². The van der Waals surface area contributed by atoms with Crippen LogP contribution in [0.5, 0.6) is 0 Å². The zero-order valence-corrected chi connectivity index (χ0v) is 8.83. The van der Waals surface area contributed by atoms with E-state index in [0.717, 1.165) is 19.3 Å². The third kappa shape index (κ3) is 9.30. The van der Waals surface area contributed by atoms with Gasteiger partial charge >= 0.3 is 0 Å². The largest absolute Gasteiger partial charge is 0.103 e. The number of unbranched alkanes of at least 4 members (excludes halogenated alkanes) is 1. The molecule has 0 aliphatic heterocycles. The number of rotatable bonds is 3. The van der Waals surface area contributed by atoms with Crippen molar-refractivity contribution in [2.45, 2.75) is 47.0 Å². The van der Waals surface area contributed by atoms with Crippen molar-refractivity contribution >= 4 is 0 Å². The lowest BCUT2D eigenvalue weighted by molar-refractivity contribution is 0.570. The highest BCUT2D eigenvalue weighted by Gasteiger charge is 2.02. The second-order valence-electron chi connectivity index (χ2n) is 4.36. The minimum Gasteiger partial charge on any atom is -0.103 e. The van der Waals surface area contributed by atoms with E-state index in [9.17, 15) is 0 Å². The van der Waals surface area contributed by atoms with Gasteiger partial charge in [0.25, 0.3) is 0 Å². The Bertz CT molecular complexity index is 192. The third-order valence-corrected chi connectivity index (χ3v) is 1.37. The van der Waals surface area contributed by atoms with Gasteiger partial charge in [0, 0.05) is 11.8 Å². The van der Waals surface area contributed by atoms with Gasteiger partial charge in [-0.05, 0) is 40.5 Å². The second-order valence-corrected chi connectivity index (χ2v) is 4.36. The predicted molar refractivity (Wildman–Crippen MR) is 55.9 cm³/mol. The van der Waals surface area contributed by atoms with Crippen LogP contribution < -0.4 is 0 Å². The van der Waals surface area contributed by atoms with Gasteiger partial charge in [0.05, 0.1) is 0 Å². The lowest BCUT2D eigenvalue weighted by Crippen LogP contribution is -1.98. The predicted octanol–water partition coefficient (Wildman–Crippen LogP) is 3.78. The van der Waals surface area contributed by atoms with Crippen LogP contribution >= 0.6 is 0 Å². The van der Waals surface area contributed by atoms with Crippen molar-refractivity contribution < 1.29 is 0 Å². The number of hydrogen-bond donors (Lipinski definition) is 0. The fourth-order valence-electron chi connectivity index (χ4n) is 0.806. The Labute approximate surface area is 77.1 Å². The number of allylic oxidation sites excluding steroid dienone is 1. The molecule has 0 aliphatic carbocycles. The molecule has 0 spiro atoms. The zero-order chi connectivity index (χ0) is 9.61. The Balaban J connectivity index is 3.53. The Hall–Kier alpha value is -0.700. The summed E-state index contributed by atoms with van der Waals surface area (Å²) in [7, 11) is 0. The number of hydrogen-bond acceptors (Lipinski definition) is 0. The maximum atomic E-state index is 3.85. The summed E-state index contributed by atoms with van der Waals surface area (Å²) in [5.41, 5.74) is 1.41.